The van der Waals surface area contributed by atoms with Crippen LogP contribution in [0.15, 0.2) is 12.1 Å². The quantitative estimate of drug-likeness (QED) is 0.239. The fourth-order valence-corrected chi connectivity index (χ4v) is 7.13. The van der Waals surface area contributed by atoms with Crippen molar-refractivity contribution in [1.29, 1.82) is 0 Å². The van der Waals surface area contributed by atoms with Gasteiger partial charge in [0.05, 0.1) is 21.3 Å². The minimum atomic E-state index is -1.82. The second kappa shape index (κ2) is 12.2. The largest absolute Gasteiger partial charge is 0.493 e. The van der Waals surface area contributed by atoms with Gasteiger partial charge in [-0.05, 0) is 68.9 Å². The fourth-order valence-electron chi connectivity index (χ4n) is 3.74. The maximum Gasteiger partial charge on any atom is 0.328 e. The molecule has 0 heterocycles. The van der Waals surface area contributed by atoms with Crippen molar-refractivity contribution in [1.82, 2.24) is 0 Å². The van der Waals surface area contributed by atoms with Crippen LogP contribution in [-0.2, 0) is 13.6 Å². The molecule has 33 heavy (non-hydrogen) atoms. The number of hydrogen-bond acceptors (Lipinski definition) is 6. The Morgan fingerprint density at radius 2 is 1.52 bits per heavy atom. The van der Waals surface area contributed by atoms with Crippen molar-refractivity contribution in [2.24, 2.45) is 5.92 Å². The van der Waals surface area contributed by atoms with E-state index < -0.39 is 22.6 Å². The SMILES string of the molecule is COc1cc(C=CC(=O)O)c(C([SiH3])CC(C)C(O[Si](C)(C)C)O[Si](C)(C)C)c(OC)c1OC. The normalized spacial score (nSPS) is 14.5. The Labute approximate surface area is 204 Å². The van der Waals surface area contributed by atoms with Crippen LogP contribution in [0.25, 0.3) is 6.08 Å². The predicted molar refractivity (Wildman–Crippen MR) is 142 cm³/mol. The molecule has 1 rings (SSSR count). The van der Waals surface area contributed by atoms with E-state index in [1.54, 1.807) is 33.5 Å². The third kappa shape index (κ3) is 9.28. The molecular weight excluding hydrogens is 473 g/mol. The maximum atomic E-state index is 11.2. The van der Waals surface area contributed by atoms with Gasteiger partial charge < -0.3 is 28.2 Å². The van der Waals surface area contributed by atoms with Gasteiger partial charge in [-0.3, -0.25) is 0 Å². The molecule has 0 saturated heterocycles. The van der Waals surface area contributed by atoms with Crippen LogP contribution in [0, 0.1) is 5.92 Å². The lowest BCUT2D eigenvalue weighted by Gasteiger charge is -2.36. The first kappa shape index (κ1) is 29.4. The van der Waals surface area contributed by atoms with Gasteiger partial charge in [-0.15, -0.1) is 0 Å². The molecular formula is C23H42O7Si3. The highest BCUT2D eigenvalue weighted by atomic mass is 28.4. The lowest BCUT2D eigenvalue weighted by molar-refractivity contribution is -0.131. The number of ether oxygens (including phenoxy) is 3. The minimum absolute atomic E-state index is 0.139. The number of hydrogen-bond donors (Lipinski definition) is 1. The summed E-state index contributed by atoms with van der Waals surface area (Å²) in [5, 5.41) is 9.20. The second-order valence-electron chi connectivity index (χ2n) is 10.3. The van der Waals surface area contributed by atoms with E-state index in [1.807, 2.05) is 0 Å². The average Bonchev–Trinajstić information content (AvgIpc) is 2.67. The predicted octanol–water partition coefficient (Wildman–Crippen LogP) is 4.27. The number of carboxylic acid groups (broad SMARTS) is 1. The van der Waals surface area contributed by atoms with Gasteiger partial charge in [0.25, 0.3) is 0 Å². The van der Waals surface area contributed by atoms with Crippen LogP contribution in [0.3, 0.4) is 0 Å². The van der Waals surface area contributed by atoms with Crippen molar-refractivity contribution in [3.05, 3.63) is 23.3 Å². The first-order chi connectivity index (χ1) is 15.1. The summed E-state index contributed by atoms with van der Waals surface area (Å²) < 4.78 is 29.8. The third-order valence-electron chi connectivity index (χ3n) is 4.93. The average molecular weight is 515 g/mol. The molecule has 0 spiro atoms. The smallest absolute Gasteiger partial charge is 0.328 e. The molecule has 0 amide bonds. The molecule has 0 radical (unpaired) electrons. The van der Waals surface area contributed by atoms with Gasteiger partial charge in [0.15, 0.2) is 28.1 Å². The Morgan fingerprint density at radius 3 is 1.91 bits per heavy atom. The van der Waals surface area contributed by atoms with E-state index in [1.165, 1.54) is 0 Å². The van der Waals surface area contributed by atoms with Gasteiger partial charge in [-0.25, -0.2) is 4.79 Å². The van der Waals surface area contributed by atoms with Crippen molar-refractivity contribution in [2.75, 3.05) is 21.3 Å². The molecule has 7 nitrogen and oxygen atoms in total. The number of aliphatic carboxylic acids is 1. The van der Waals surface area contributed by atoms with Crippen molar-refractivity contribution >= 4 is 38.9 Å². The van der Waals surface area contributed by atoms with Gasteiger partial charge in [0.1, 0.15) is 6.29 Å². The number of methoxy groups -OCH3 is 3. The molecule has 0 saturated carbocycles. The van der Waals surface area contributed by atoms with Crippen LogP contribution in [0.2, 0.25) is 39.3 Å². The number of carboxylic acids is 1. The lowest BCUT2D eigenvalue weighted by atomic mass is 9.94. The Morgan fingerprint density at radius 1 is 1.00 bits per heavy atom. The molecule has 1 aromatic rings. The summed E-state index contributed by atoms with van der Waals surface area (Å²) in [7, 11) is 1.88. The van der Waals surface area contributed by atoms with E-state index in [-0.39, 0.29) is 17.7 Å². The summed E-state index contributed by atoms with van der Waals surface area (Å²) >= 11 is 0. The molecule has 0 fully saturated rings. The standard InChI is InChI=1S/C23H42O7Si3/c1-15(23(29-32(5,6)7)30-33(8,9)10)13-18(31)20-16(11-12-19(24)25)14-17(26-2)21(27-3)22(20)28-4/h11-12,14-15,18,23H,13H2,1-10,31H3,(H,24,25). The van der Waals surface area contributed by atoms with Gasteiger partial charge in [0.2, 0.25) is 5.75 Å². The van der Waals surface area contributed by atoms with Crippen molar-refractivity contribution in [3.8, 4) is 17.2 Å². The van der Waals surface area contributed by atoms with Crippen LogP contribution in [0.5, 0.6) is 17.2 Å². The topological polar surface area (TPSA) is 83.5 Å². The Balaban J connectivity index is 3.48. The Bertz CT molecular complexity index is 813. The molecule has 1 aromatic carbocycles. The summed E-state index contributed by atoms with van der Waals surface area (Å²) in [5.74, 6) is 0.694. The zero-order valence-electron chi connectivity index (χ0n) is 22.1. The van der Waals surface area contributed by atoms with Crippen LogP contribution < -0.4 is 14.2 Å². The van der Waals surface area contributed by atoms with Crippen LogP contribution >= 0.6 is 0 Å². The summed E-state index contributed by atoms with van der Waals surface area (Å²) in [6.45, 7) is 15.2. The Kier molecular flexibility index (Phi) is 10.9. The van der Waals surface area contributed by atoms with Gasteiger partial charge in [-0.1, -0.05) is 6.92 Å². The van der Waals surface area contributed by atoms with Crippen molar-refractivity contribution < 1.29 is 33.0 Å². The zero-order valence-corrected chi connectivity index (χ0v) is 26.1. The zero-order chi connectivity index (χ0) is 25.6. The van der Waals surface area contributed by atoms with E-state index in [9.17, 15) is 9.90 Å². The van der Waals surface area contributed by atoms with Crippen LogP contribution in [0.1, 0.15) is 30.0 Å². The molecule has 2 atom stereocenters. The molecule has 0 aliphatic heterocycles. The first-order valence-electron chi connectivity index (χ1n) is 11.2. The molecule has 188 valence electrons. The Hall–Kier alpha value is -1.60. The summed E-state index contributed by atoms with van der Waals surface area (Å²) in [6.07, 6.45) is 3.26. The molecule has 1 N–H and O–H groups in total. The molecule has 0 bridgehead atoms. The highest BCUT2D eigenvalue weighted by Crippen LogP contribution is 2.46. The van der Waals surface area contributed by atoms with Crippen LogP contribution in [-0.4, -0.2) is 65.6 Å². The van der Waals surface area contributed by atoms with E-state index in [0.717, 1.165) is 33.9 Å². The highest BCUT2D eigenvalue weighted by molar-refractivity contribution is 6.70. The van der Waals surface area contributed by atoms with E-state index in [0.29, 0.717) is 17.2 Å². The number of rotatable bonds is 13. The first-order valence-corrected chi connectivity index (χ1v) is 19.2. The monoisotopic (exact) mass is 514 g/mol. The minimum Gasteiger partial charge on any atom is -0.493 e. The summed E-state index contributed by atoms with van der Waals surface area (Å²) in [4.78, 5) is 11.2. The van der Waals surface area contributed by atoms with Crippen LogP contribution in [0.4, 0.5) is 0 Å². The van der Waals surface area contributed by atoms with Gasteiger partial charge in [0, 0.05) is 27.8 Å². The molecule has 0 aliphatic carbocycles. The molecule has 10 heteroatoms. The third-order valence-corrected chi connectivity index (χ3v) is 7.86. The van der Waals surface area contributed by atoms with Crippen molar-refractivity contribution in [3.63, 3.8) is 0 Å². The number of benzene rings is 1. The van der Waals surface area contributed by atoms with E-state index >= 15 is 0 Å². The van der Waals surface area contributed by atoms with Gasteiger partial charge >= 0.3 is 5.97 Å². The maximum absolute atomic E-state index is 11.2. The van der Waals surface area contributed by atoms with Gasteiger partial charge in [-0.2, -0.15) is 0 Å². The molecule has 0 aromatic heterocycles. The lowest BCUT2D eigenvalue weighted by Crippen LogP contribution is -2.43. The number of carbonyl (C=O) groups is 1. The highest BCUT2D eigenvalue weighted by Gasteiger charge is 2.33. The van der Waals surface area contributed by atoms with E-state index in [2.05, 4.69) is 46.2 Å². The fraction of sp³-hybridized carbons (Fsp3) is 0.609. The summed E-state index contributed by atoms with van der Waals surface area (Å²) in [5.41, 5.74) is 1.81. The van der Waals surface area contributed by atoms with Crippen molar-refractivity contribution in [2.45, 2.75) is 64.5 Å². The molecule has 2 unspecified atom stereocenters. The summed E-state index contributed by atoms with van der Waals surface area (Å²) in [6, 6.07) is 1.81. The van der Waals surface area contributed by atoms with E-state index in [4.69, 9.17) is 23.1 Å². The molecule has 0 aliphatic rings. The second-order valence-corrected chi connectivity index (χ2v) is 20.6.